The van der Waals surface area contributed by atoms with Gasteiger partial charge in [-0.25, -0.2) is 4.79 Å². The lowest BCUT2D eigenvalue weighted by Gasteiger charge is -2.25. The smallest absolute Gasteiger partial charge is 0.361 e. The lowest BCUT2D eigenvalue weighted by molar-refractivity contribution is -0.870. The van der Waals surface area contributed by atoms with Crippen LogP contribution in [0.1, 0.15) is 322 Å². The number of esters is 2. The number of carbonyl (C=O) groups is 3. The third kappa shape index (κ3) is 71.3. The molecular formula is C80H140NO8+. The van der Waals surface area contributed by atoms with Gasteiger partial charge < -0.3 is 28.5 Å². The minimum absolute atomic E-state index is 0.184. The van der Waals surface area contributed by atoms with Gasteiger partial charge in [-0.2, -0.15) is 0 Å². The van der Waals surface area contributed by atoms with Gasteiger partial charge in [0.1, 0.15) is 13.2 Å². The van der Waals surface area contributed by atoms with E-state index in [9.17, 15) is 19.5 Å². The third-order valence-corrected chi connectivity index (χ3v) is 16.0. The number of allylic oxidation sites excluding steroid dienone is 18. The van der Waals surface area contributed by atoms with Gasteiger partial charge >= 0.3 is 17.9 Å². The van der Waals surface area contributed by atoms with E-state index in [1.165, 1.54) is 193 Å². The van der Waals surface area contributed by atoms with Crippen LogP contribution in [0.3, 0.4) is 0 Å². The lowest BCUT2D eigenvalue weighted by Crippen LogP contribution is -2.40. The summed E-state index contributed by atoms with van der Waals surface area (Å²) < 4.78 is 23.0. The molecule has 0 aromatic heterocycles. The number of hydrogen-bond donors (Lipinski definition) is 1. The third-order valence-electron chi connectivity index (χ3n) is 16.0. The number of quaternary nitrogens is 1. The fourth-order valence-electron chi connectivity index (χ4n) is 10.4. The highest BCUT2D eigenvalue weighted by Crippen LogP contribution is 2.18. The van der Waals surface area contributed by atoms with Gasteiger partial charge in [-0.3, -0.25) is 9.59 Å². The largest absolute Gasteiger partial charge is 0.477 e. The molecule has 0 bridgehead atoms. The molecule has 2 atom stereocenters. The van der Waals surface area contributed by atoms with Crippen LogP contribution in [-0.2, 0) is 33.3 Å². The van der Waals surface area contributed by atoms with E-state index in [1.807, 2.05) is 21.1 Å². The van der Waals surface area contributed by atoms with Crippen molar-refractivity contribution in [1.82, 2.24) is 0 Å². The lowest BCUT2D eigenvalue weighted by atomic mass is 10.0. The number of carbonyl (C=O) groups excluding carboxylic acids is 2. The van der Waals surface area contributed by atoms with Crippen molar-refractivity contribution >= 4 is 17.9 Å². The minimum Gasteiger partial charge on any atom is -0.477 e. The standard InChI is InChI=1S/C80H139NO8/c1-6-8-10-12-14-16-18-20-22-24-26-28-30-32-34-36-37-38-39-40-41-43-45-47-49-51-53-55-57-59-61-63-65-67-69-71-78(83)89-76(75-88-80(79(84)85)86-73-72-81(3,4)5)74-87-77(82)70-68-66-64-62-60-58-56-54-52-50-48-46-44-42-35-33-31-29-27-25-23-21-19-17-15-13-11-9-7-2/h8,10,14,16,20,22,25-28,32,34,37-38,40-41,45,47,76,80H,6-7,9,11-13,15,17-19,21,23-24,29-31,33,35-36,39,42-44,46,48-75H2,1-5H3/p+1/b10-8-,16-14-,22-20-,27-25-,28-26-,34-32-,38-37-,41-40-,47-45-. The minimum atomic E-state index is -1.52. The van der Waals surface area contributed by atoms with Gasteiger partial charge in [-0.05, 0) is 103 Å². The number of carboxylic acids is 1. The van der Waals surface area contributed by atoms with Gasteiger partial charge in [-0.15, -0.1) is 0 Å². The zero-order valence-corrected chi connectivity index (χ0v) is 58.6. The summed E-state index contributed by atoms with van der Waals surface area (Å²) in [6.45, 7) is 4.79. The molecule has 0 aromatic rings. The molecule has 0 saturated carbocycles. The van der Waals surface area contributed by atoms with E-state index in [2.05, 4.69) is 123 Å². The second-order valence-corrected chi connectivity index (χ2v) is 25.9. The van der Waals surface area contributed by atoms with Crippen molar-refractivity contribution in [3.8, 4) is 0 Å². The van der Waals surface area contributed by atoms with Gasteiger partial charge in [0, 0.05) is 12.8 Å². The highest BCUT2D eigenvalue weighted by atomic mass is 16.7. The first-order valence-corrected chi connectivity index (χ1v) is 37.1. The van der Waals surface area contributed by atoms with Crippen molar-refractivity contribution in [2.75, 3.05) is 47.5 Å². The van der Waals surface area contributed by atoms with E-state index < -0.39 is 24.3 Å². The molecule has 89 heavy (non-hydrogen) atoms. The summed E-state index contributed by atoms with van der Waals surface area (Å²) in [5, 5.41) is 9.76. The molecule has 512 valence electrons. The average Bonchev–Trinajstić information content (AvgIpc) is 3.64. The Hall–Kier alpha value is -4.05. The number of rotatable bonds is 68. The van der Waals surface area contributed by atoms with Gasteiger partial charge in [0.05, 0.1) is 34.4 Å². The maximum atomic E-state index is 13.0. The number of nitrogens with zero attached hydrogens (tertiary/aromatic N) is 1. The van der Waals surface area contributed by atoms with Crippen molar-refractivity contribution in [3.05, 3.63) is 109 Å². The summed E-state index contributed by atoms with van der Waals surface area (Å²) in [4.78, 5) is 37.7. The Kier molecular flexibility index (Phi) is 66.7. The topological polar surface area (TPSA) is 108 Å². The molecule has 0 radical (unpaired) electrons. The summed E-state index contributed by atoms with van der Waals surface area (Å²) >= 11 is 0. The van der Waals surface area contributed by atoms with Crippen LogP contribution < -0.4 is 0 Å². The molecule has 0 aliphatic heterocycles. The Morgan fingerprint density at radius 3 is 0.966 bits per heavy atom. The Labute approximate surface area is 549 Å². The van der Waals surface area contributed by atoms with Crippen LogP contribution in [0.25, 0.3) is 0 Å². The fourth-order valence-corrected chi connectivity index (χ4v) is 10.4. The number of likely N-dealkylation sites (N-methyl/N-ethyl adjacent to an activating group) is 1. The number of aliphatic carboxylic acids is 1. The van der Waals surface area contributed by atoms with Crippen molar-refractivity contribution in [3.63, 3.8) is 0 Å². The number of ether oxygens (including phenoxy) is 4. The summed E-state index contributed by atoms with van der Waals surface area (Å²) in [7, 11) is 5.98. The molecular weight excluding hydrogens is 1100 g/mol. The van der Waals surface area contributed by atoms with Crippen LogP contribution in [0, 0.1) is 0 Å². The molecule has 0 aliphatic carbocycles. The monoisotopic (exact) mass is 1240 g/mol. The molecule has 0 amide bonds. The van der Waals surface area contributed by atoms with Crippen LogP contribution in [0.5, 0.6) is 0 Å². The zero-order chi connectivity index (χ0) is 64.7. The first kappa shape index (κ1) is 85.0. The molecule has 0 heterocycles. The number of hydrogen-bond acceptors (Lipinski definition) is 7. The number of carboxylic acid groups (broad SMARTS) is 1. The Morgan fingerprint density at radius 1 is 0.348 bits per heavy atom. The quantitative estimate of drug-likeness (QED) is 0.0211. The van der Waals surface area contributed by atoms with Gasteiger partial charge in [0.2, 0.25) is 0 Å². The summed E-state index contributed by atoms with van der Waals surface area (Å²) in [5.74, 6) is -2.00. The summed E-state index contributed by atoms with van der Waals surface area (Å²) in [6.07, 6.45) is 95.0. The Morgan fingerprint density at radius 2 is 0.640 bits per heavy atom. The van der Waals surface area contributed by atoms with E-state index in [0.717, 1.165) is 96.3 Å². The SMILES string of the molecule is CC/C=C\C/C=C\C/C=C\C/C=C\C/C=C\C/C=C\C/C=C\C/C=C\CCCCCCCCCCCCC(=O)OC(COC(=O)CCCCCCCCCCCCCCCCCCC/C=C\CCCCCCCCCC)COC(OCC[N+](C)(C)C)C(=O)O. The Bertz CT molecular complexity index is 1830. The maximum absolute atomic E-state index is 13.0. The molecule has 0 saturated heterocycles. The summed E-state index contributed by atoms with van der Waals surface area (Å²) in [6, 6.07) is 0. The molecule has 9 nitrogen and oxygen atoms in total. The first-order chi connectivity index (χ1) is 43.6. The molecule has 0 aliphatic rings. The van der Waals surface area contributed by atoms with Crippen molar-refractivity contribution < 1.29 is 42.9 Å². The van der Waals surface area contributed by atoms with Crippen LogP contribution in [0.2, 0.25) is 0 Å². The van der Waals surface area contributed by atoms with Crippen molar-refractivity contribution in [2.24, 2.45) is 0 Å². The van der Waals surface area contributed by atoms with E-state index in [0.29, 0.717) is 23.9 Å². The van der Waals surface area contributed by atoms with E-state index in [-0.39, 0.29) is 32.2 Å². The molecule has 2 unspecified atom stereocenters. The molecule has 9 heteroatoms. The predicted molar refractivity (Wildman–Crippen MR) is 382 cm³/mol. The number of unbranched alkanes of at least 4 members (excludes halogenated alkanes) is 35. The fraction of sp³-hybridized carbons (Fsp3) is 0.738. The molecule has 0 rings (SSSR count). The second kappa shape index (κ2) is 69.8. The van der Waals surface area contributed by atoms with Crippen molar-refractivity contribution in [1.29, 1.82) is 0 Å². The first-order valence-electron chi connectivity index (χ1n) is 37.1. The molecule has 0 spiro atoms. The molecule has 0 aromatic carbocycles. The average molecular weight is 1240 g/mol. The van der Waals surface area contributed by atoms with E-state index in [1.54, 1.807) is 0 Å². The zero-order valence-electron chi connectivity index (χ0n) is 58.6. The maximum Gasteiger partial charge on any atom is 0.361 e. The van der Waals surface area contributed by atoms with Crippen LogP contribution in [0.15, 0.2) is 109 Å². The van der Waals surface area contributed by atoms with Crippen molar-refractivity contribution in [2.45, 2.75) is 334 Å². The highest BCUT2D eigenvalue weighted by molar-refractivity contribution is 5.71. The van der Waals surface area contributed by atoms with Crippen LogP contribution >= 0.6 is 0 Å². The molecule has 0 fully saturated rings. The normalized spacial score (nSPS) is 13.3. The van der Waals surface area contributed by atoms with Gasteiger partial charge in [-0.1, -0.05) is 316 Å². The van der Waals surface area contributed by atoms with E-state index in [4.69, 9.17) is 18.9 Å². The van der Waals surface area contributed by atoms with Gasteiger partial charge in [0.15, 0.2) is 6.10 Å². The van der Waals surface area contributed by atoms with E-state index >= 15 is 0 Å². The van der Waals surface area contributed by atoms with Crippen LogP contribution in [-0.4, -0.2) is 87.4 Å². The highest BCUT2D eigenvalue weighted by Gasteiger charge is 2.25. The summed E-state index contributed by atoms with van der Waals surface area (Å²) in [5.41, 5.74) is 0. The molecule has 1 N–H and O–H groups in total. The predicted octanol–water partition coefficient (Wildman–Crippen LogP) is 23.4. The van der Waals surface area contributed by atoms with Crippen LogP contribution in [0.4, 0.5) is 0 Å². The Balaban J connectivity index is 4.12. The van der Waals surface area contributed by atoms with Gasteiger partial charge in [0.25, 0.3) is 6.29 Å². The second-order valence-electron chi connectivity index (χ2n) is 25.9.